The van der Waals surface area contributed by atoms with Crippen molar-refractivity contribution in [1.29, 1.82) is 0 Å². The fourth-order valence-corrected chi connectivity index (χ4v) is 1.98. The highest BCUT2D eigenvalue weighted by Gasteiger charge is 2.06. The van der Waals surface area contributed by atoms with Crippen molar-refractivity contribution in [2.45, 2.75) is 44.9 Å². The molecule has 0 atom stereocenters. The van der Waals surface area contributed by atoms with E-state index in [9.17, 15) is 0 Å². The van der Waals surface area contributed by atoms with Crippen LogP contribution in [0, 0.1) is 0 Å². The van der Waals surface area contributed by atoms with Crippen molar-refractivity contribution < 1.29 is 5.11 Å². The van der Waals surface area contributed by atoms with E-state index < -0.39 is 0 Å². The first-order chi connectivity index (χ1) is 6.43. The van der Waals surface area contributed by atoms with E-state index in [2.05, 4.69) is 4.90 Å². The van der Waals surface area contributed by atoms with Crippen molar-refractivity contribution in [3.05, 3.63) is 0 Å². The molecule has 0 aromatic carbocycles. The van der Waals surface area contributed by atoms with Crippen molar-refractivity contribution in [2.75, 3.05) is 26.2 Å². The Balaban J connectivity index is 2.06. The first-order valence-corrected chi connectivity index (χ1v) is 5.76. The molecule has 1 saturated heterocycles. The zero-order valence-electron chi connectivity index (χ0n) is 8.67. The van der Waals surface area contributed by atoms with Crippen LogP contribution in [0.25, 0.3) is 0 Å². The third-order valence-electron chi connectivity index (χ3n) is 2.83. The molecular weight excluding hydrogens is 162 g/mol. The van der Waals surface area contributed by atoms with E-state index in [1.165, 1.54) is 51.7 Å². The van der Waals surface area contributed by atoms with Crippen LogP contribution in [0.2, 0.25) is 0 Å². The minimum Gasteiger partial charge on any atom is -0.396 e. The van der Waals surface area contributed by atoms with Crippen LogP contribution < -0.4 is 0 Å². The highest BCUT2D eigenvalue weighted by atomic mass is 16.2. The number of hydrogen-bond acceptors (Lipinski definition) is 2. The lowest BCUT2D eigenvalue weighted by molar-refractivity contribution is 0.226. The van der Waals surface area contributed by atoms with Crippen LogP contribution in [-0.4, -0.2) is 36.2 Å². The van der Waals surface area contributed by atoms with Crippen LogP contribution >= 0.6 is 0 Å². The molecule has 13 heavy (non-hydrogen) atoms. The first-order valence-electron chi connectivity index (χ1n) is 5.76. The van der Waals surface area contributed by atoms with Crippen LogP contribution in [0.3, 0.4) is 0 Å². The molecule has 0 aromatic rings. The van der Waals surface area contributed by atoms with Crippen molar-refractivity contribution in [2.24, 2.45) is 0 Å². The summed E-state index contributed by atoms with van der Waals surface area (Å²) in [6, 6.07) is 0. The van der Waals surface area contributed by atoms with Crippen LogP contribution in [0.5, 0.6) is 0 Å². The van der Waals surface area contributed by atoms with Gasteiger partial charge in [0.2, 0.25) is 0 Å². The Labute approximate surface area is 81.9 Å². The molecule has 1 aliphatic rings. The fraction of sp³-hybridized carbons (Fsp3) is 1.00. The van der Waals surface area contributed by atoms with Crippen molar-refractivity contribution in [3.63, 3.8) is 0 Å². The van der Waals surface area contributed by atoms with Crippen LogP contribution in [-0.2, 0) is 0 Å². The third kappa shape index (κ3) is 5.27. The second-order valence-electron chi connectivity index (χ2n) is 4.04. The van der Waals surface area contributed by atoms with Crippen molar-refractivity contribution in [3.8, 4) is 0 Å². The van der Waals surface area contributed by atoms with Crippen LogP contribution in [0.4, 0.5) is 0 Å². The Morgan fingerprint density at radius 3 is 2.08 bits per heavy atom. The van der Waals surface area contributed by atoms with Gasteiger partial charge in [0.1, 0.15) is 0 Å². The predicted octanol–water partition coefficient (Wildman–Crippen LogP) is 2.02. The summed E-state index contributed by atoms with van der Waals surface area (Å²) in [5, 5.41) is 8.68. The van der Waals surface area contributed by atoms with Gasteiger partial charge in [-0.05, 0) is 45.3 Å². The number of aliphatic hydroxyl groups is 1. The van der Waals surface area contributed by atoms with Crippen molar-refractivity contribution in [1.82, 2.24) is 4.90 Å². The number of aliphatic hydroxyl groups excluding tert-OH is 1. The normalized spacial score (nSPS) is 21.0. The summed E-state index contributed by atoms with van der Waals surface area (Å²) in [7, 11) is 0. The van der Waals surface area contributed by atoms with E-state index >= 15 is 0 Å². The van der Waals surface area contributed by atoms with E-state index in [4.69, 9.17) is 5.11 Å². The lowest BCUT2D eigenvalue weighted by Crippen LogP contribution is -2.28. The number of nitrogens with zero attached hydrogens (tertiary/aromatic N) is 1. The lowest BCUT2D eigenvalue weighted by atomic mass is 10.1. The van der Waals surface area contributed by atoms with Gasteiger partial charge in [-0.25, -0.2) is 0 Å². The molecule has 0 aliphatic carbocycles. The van der Waals surface area contributed by atoms with Gasteiger partial charge in [0.05, 0.1) is 0 Å². The van der Waals surface area contributed by atoms with Gasteiger partial charge in [0.25, 0.3) is 0 Å². The summed E-state index contributed by atoms with van der Waals surface area (Å²) in [5.74, 6) is 0. The molecule has 0 radical (unpaired) electrons. The van der Waals surface area contributed by atoms with E-state index in [1.54, 1.807) is 0 Å². The largest absolute Gasteiger partial charge is 0.396 e. The fourth-order valence-electron chi connectivity index (χ4n) is 1.98. The van der Waals surface area contributed by atoms with E-state index in [0.717, 1.165) is 12.8 Å². The Morgan fingerprint density at radius 2 is 1.46 bits per heavy atom. The maximum atomic E-state index is 8.68. The quantitative estimate of drug-likeness (QED) is 0.677. The highest BCUT2D eigenvalue weighted by Crippen LogP contribution is 2.10. The number of likely N-dealkylation sites (tertiary alicyclic amines) is 1. The molecule has 1 aliphatic heterocycles. The monoisotopic (exact) mass is 185 g/mol. The van der Waals surface area contributed by atoms with Gasteiger partial charge in [-0.1, -0.05) is 19.3 Å². The van der Waals surface area contributed by atoms with Gasteiger partial charge in [-0.2, -0.15) is 0 Å². The maximum absolute atomic E-state index is 8.68. The third-order valence-corrected chi connectivity index (χ3v) is 2.83. The Morgan fingerprint density at radius 1 is 0.846 bits per heavy atom. The molecule has 1 rings (SSSR count). The molecule has 0 unspecified atom stereocenters. The molecule has 0 spiro atoms. The van der Waals surface area contributed by atoms with Gasteiger partial charge < -0.3 is 10.0 Å². The second-order valence-corrected chi connectivity index (χ2v) is 4.04. The minimum absolute atomic E-state index is 0.355. The zero-order chi connectivity index (χ0) is 9.36. The molecule has 1 fully saturated rings. The van der Waals surface area contributed by atoms with E-state index in [-0.39, 0.29) is 0 Å². The second kappa shape index (κ2) is 7.34. The van der Waals surface area contributed by atoms with E-state index in [0.29, 0.717) is 6.61 Å². The smallest absolute Gasteiger partial charge is 0.0431 e. The topological polar surface area (TPSA) is 23.5 Å². The predicted molar refractivity (Wildman–Crippen MR) is 55.8 cm³/mol. The summed E-state index contributed by atoms with van der Waals surface area (Å²) in [6.45, 7) is 4.12. The SMILES string of the molecule is OCCCCN1CCCCCCC1. The Bertz CT molecular complexity index is 109. The van der Waals surface area contributed by atoms with Crippen LogP contribution in [0.15, 0.2) is 0 Å². The lowest BCUT2D eigenvalue weighted by Gasteiger charge is -2.24. The molecule has 2 heteroatoms. The summed E-state index contributed by atoms with van der Waals surface area (Å²) in [6.07, 6.45) is 9.14. The molecule has 0 bridgehead atoms. The maximum Gasteiger partial charge on any atom is 0.0431 e. The summed E-state index contributed by atoms with van der Waals surface area (Å²) in [5.41, 5.74) is 0. The summed E-state index contributed by atoms with van der Waals surface area (Å²) in [4.78, 5) is 2.56. The Kier molecular flexibility index (Phi) is 6.21. The van der Waals surface area contributed by atoms with Gasteiger partial charge in [0, 0.05) is 6.61 Å². The van der Waals surface area contributed by atoms with Crippen LogP contribution in [0.1, 0.15) is 44.9 Å². The summed E-state index contributed by atoms with van der Waals surface area (Å²) >= 11 is 0. The van der Waals surface area contributed by atoms with Gasteiger partial charge >= 0.3 is 0 Å². The van der Waals surface area contributed by atoms with Crippen molar-refractivity contribution >= 4 is 0 Å². The molecule has 1 N–H and O–H groups in total. The van der Waals surface area contributed by atoms with Gasteiger partial charge in [0.15, 0.2) is 0 Å². The molecule has 2 nitrogen and oxygen atoms in total. The average molecular weight is 185 g/mol. The Hall–Kier alpha value is -0.0800. The first kappa shape index (κ1) is 11.0. The molecular formula is C11H23NO. The highest BCUT2D eigenvalue weighted by molar-refractivity contribution is 4.62. The molecule has 78 valence electrons. The standard InChI is InChI=1S/C11H23NO/c13-11-7-6-10-12-8-4-2-1-3-5-9-12/h13H,1-11H2. The van der Waals surface area contributed by atoms with Gasteiger partial charge in [-0.15, -0.1) is 0 Å². The zero-order valence-corrected chi connectivity index (χ0v) is 8.67. The number of unbranched alkanes of at least 4 members (excludes halogenated alkanes) is 1. The van der Waals surface area contributed by atoms with E-state index in [1.807, 2.05) is 0 Å². The molecule has 1 heterocycles. The number of hydrogen-bond donors (Lipinski definition) is 1. The number of rotatable bonds is 4. The minimum atomic E-state index is 0.355. The summed E-state index contributed by atoms with van der Waals surface area (Å²) < 4.78 is 0. The molecule has 0 amide bonds. The molecule has 0 saturated carbocycles. The average Bonchev–Trinajstić information content (AvgIpc) is 2.08. The molecule has 0 aromatic heterocycles. The van der Waals surface area contributed by atoms with Gasteiger partial charge in [-0.3, -0.25) is 0 Å².